The van der Waals surface area contributed by atoms with E-state index in [0.29, 0.717) is 27.9 Å². The van der Waals surface area contributed by atoms with Crippen molar-refractivity contribution in [1.29, 1.82) is 0 Å². The molecule has 35 heavy (non-hydrogen) atoms. The molecule has 0 saturated heterocycles. The van der Waals surface area contributed by atoms with Gasteiger partial charge in [-0.15, -0.1) is 0 Å². The fourth-order valence-corrected chi connectivity index (χ4v) is 4.09. The molecule has 3 heterocycles. The molecule has 5 rings (SSSR count). The highest BCUT2D eigenvalue weighted by Gasteiger charge is 2.30. The molecule has 1 saturated carbocycles. The van der Waals surface area contributed by atoms with E-state index >= 15 is 0 Å². The number of pyridine rings is 3. The SMILES string of the molecule is CCC(C)(O)c1cc(-c2cccc(-n3cc(C(=O)NC4CC4)c(=O)c4cccnc43)c2)cc[n+]1[O-]. The molecule has 0 radical (unpaired) electrons. The van der Waals surface area contributed by atoms with Crippen molar-refractivity contribution in [2.24, 2.45) is 0 Å². The van der Waals surface area contributed by atoms with Gasteiger partial charge < -0.3 is 20.2 Å². The van der Waals surface area contributed by atoms with Crippen LogP contribution < -0.4 is 15.5 Å². The van der Waals surface area contributed by atoms with Gasteiger partial charge in [0.05, 0.1) is 5.39 Å². The van der Waals surface area contributed by atoms with Gasteiger partial charge in [-0.3, -0.25) is 9.59 Å². The highest BCUT2D eigenvalue weighted by atomic mass is 16.5. The van der Waals surface area contributed by atoms with E-state index in [0.717, 1.165) is 24.0 Å². The smallest absolute Gasteiger partial charge is 0.257 e. The maximum atomic E-state index is 13.1. The van der Waals surface area contributed by atoms with Gasteiger partial charge in [0.15, 0.2) is 6.20 Å². The van der Waals surface area contributed by atoms with Gasteiger partial charge in [0.2, 0.25) is 11.1 Å². The van der Waals surface area contributed by atoms with Crippen molar-refractivity contribution < 1.29 is 14.6 Å². The predicted octanol–water partition coefficient (Wildman–Crippen LogP) is 3.20. The van der Waals surface area contributed by atoms with Crippen molar-refractivity contribution in [2.75, 3.05) is 0 Å². The maximum absolute atomic E-state index is 13.1. The Morgan fingerprint density at radius 1 is 1.23 bits per heavy atom. The molecule has 1 amide bonds. The van der Waals surface area contributed by atoms with Crippen LogP contribution in [0.2, 0.25) is 0 Å². The number of nitrogens with one attached hydrogen (secondary N) is 1. The van der Waals surface area contributed by atoms with Crippen molar-refractivity contribution in [3.05, 3.63) is 93.8 Å². The minimum Gasteiger partial charge on any atom is -0.618 e. The third-order valence-electron chi connectivity index (χ3n) is 6.54. The number of carbonyl (C=O) groups excluding carboxylic acids is 1. The number of nitrogens with zero attached hydrogens (tertiary/aromatic N) is 3. The Hall–Kier alpha value is -4.04. The molecular weight excluding hydrogens is 444 g/mol. The lowest BCUT2D eigenvalue weighted by Gasteiger charge is -2.20. The first-order valence-electron chi connectivity index (χ1n) is 11.7. The largest absolute Gasteiger partial charge is 0.618 e. The standard InChI is InChI=1S/C27H26N4O4/c1-3-27(2,34)23-15-18(11-13-31(23)35)17-6-4-7-20(14-17)30-16-22(26(33)29-19-9-10-19)24(32)21-8-5-12-28-25(21)30/h4-8,11-16,19,34H,3,9-10H2,1-2H3,(H,29,33). The van der Waals surface area contributed by atoms with Gasteiger partial charge in [0.25, 0.3) is 5.91 Å². The van der Waals surface area contributed by atoms with Gasteiger partial charge in [-0.1, -0.05) is 19.1 Å². The van der Waals surface area contributed by atoms with E-state index in [-0.39, 0.29) is 28.6 Å². The summed E-state index contributed by atoms with van der Waals surface area (Å²) in [6, 6.07) is 14.4. The van der Waals surface area contributed by atoms with E-state index in [1.165, 1.54) is 6.20 Å². The Kier molecular flexibility index (Phi) is 5.61. The zero-order valence-corrected chi connectivity index (χ0v) is 19.6. The Morgan fingerprint density at radius 2 is 2.00 bits per heavy atom. The molecule has 8 nitrogen and oxygen atoms in total. The van der Waals surface area contributed by atoms with Gasteiger partial charge in [-0.05, 0) is 61.6 Å². The quantitative estimate of drug-likeness (QED) is 0.332. The van der Waals surface area contributed by atoms with Crippen LogP contribution in [-0.4, -0.2) is 26.6 Å². The molecule has 3 aromatic heterocycles. The maximum Gasteiger partial charge on any atom is 0.257 e. The number of aliphatic hydroxyl groups is 1. The van der Waals surface area contributed by atoms with Crippen LogP contribution in [0.15, 0.2) is 71.9 Å². The van der Waals surface area contributed by atoms with Crippen LogP contribution in [0.4, 0.5) is 0 Å². The third-order valence-corrected chi connectivity index (χ3v) is 6.54. The summed E-state index contributed by atoms with van der Waals surface area (Å²) in [5.41, 5.74) is 1.42. The van der Waals surface area contributed by atoms with Crippen LogP contribution in [0.1, 0.15) is 49.2 Å². The Bertz CT molecular complexity index is 1510. The van der Waals surface area contributed by atoms with Crippen molar-refractivity contribution in [2.45, 2.75) is 44.8 Å². The van der Waals surface area contributed by atoms with Crippen molar-refractivity contribution >= 4 is 16.9 Å². The molecule has 0 aliphatic heterocycles. The number of amides is 1. The minimum atomic E-state index is -1.27. The van der Waals surface area contributed by atoms with Crippen molar-refractivity contribution in [3.63, 3.8) is 0 Å². The summed E-state index contributed by atoms with van der Waals surface area (Å²) >= 11 is 0. The Morgan fingerprint density at radius 3 is 2.74 bits per heavy atom. The monoisotopic (exact) mass is 470 g/mol. The highest BCUT2D eigenvalue weighted by Crippen LogP contribution is 2.28. The highest BCUT2D eigenvalue weighted by molar-refractivity contribution is 5.97. The average molecular weight is 471 g/mol. The van der Waals surface area contributed by atoms with Crippen LogP contribution in [-0.2, 0) is 5.60 Å². The number of carbonyl (C=O) groups is 1. The van der Waals surface area contributed by atoms with Gasteiger partial charge in [0, 0.05) is 36.3 Å². The van der Waals surface area contributed by atoms with Gasteiger partial charge >= 0.3 is 0 Å². The lowest BCUT2D eigenvalue weighted by Crippen LogP contribution is -2.40. The number of hydrogen-bond acceptors (Lipinski definition) is 5. The first-order valence-corrected chi connectivity index (χ1v) is 11.7. The summed E-state index contributed by atoms with van der Waals surface area (Å²) in [6.45, 7) is 3.43. The lowest BCUT2D eigenvalue weighted by molar-refractivity contribution is -0.622. The minimum absolute atomic E-state index is 0.0659. The zero-order valence-electron chi connectivity index (χ0n) is 19.6. The molecule has 1 atom stereocenters. The molecule has 1 aliphatic rings. The normalized spacial score (nSPS) is 15.1. The fourth-order valence-electron chi connectivity index (χ4n) is 4.09. The molecule has 4 aromatic rings. The average Bonchev–Trinajstić information content (AvgIpc) is 3.68. The second-order valence-electron chi connectivity index (χ2n) is 9.17. The zero-order chi connectivity index (χ0) is 24.7. The summed E-state index contributed by atoms with van der Waals surface area (Å²) in [7, 11) is 0. The molecule has 1 fully saturated rings. The number of rotatable bonds is 6. The summed E-state index contributed by atoms with van der Waals surface area (Å²) in [5.74, 6) is -0.386. The van der Waals surface area contributed by atoms with E-state index < -0.39 is 5.60 Å². The molecule has 2 N–H and O–H groups in total. The molecule has 1 aliphatic carbocycles. The van der Waals surface area contributed by atoms with Gasteiger partial charge in [0.1, 0.15) is 16.8 Å². The van der Waals surface area contributed by atoms with Gasteiger partial charge in [-0.2, -0.15) is 4.73 Å². The number of hydrogen-bond donors (Lipinski definition) is 2. The number of benzene rings is 1. The molecule has 1 unspecified atom stereocenters. The van der Waals surface area contributed by atoms with Crippen LogP contribution >= 0.6 is 0 Å². The van der Waals surface area contributed by atoms with Crippen LogP contribution in [0.25, 0.3) is 27.8 Å². The first-order chi connectivity index (χ1) is 16.8. The molecule has 1 aromatic carbocycles. The summed E-state index contributed by atoms with van der Waals surface area (Å²) in [5, 5.41) is 26.3. The van der Waals surface area contributed by atoms with Crippen LogP contribution in [0, 0.1) is 5.21 Å². The summed E-state index contributed by atoms with van der Waals surface area (Å²) < 4.78 is 2.42. The van der Waals surface area contributed by atoms with E-state index in [1.807, 2.05) is 31.2 Å². The third kappa shape index (κ3) is 4.28. The summed E-state index contributed by atoms with van der Waals surface area (Å²) in [4.78, 5) is 30.3. The first kappa shape index (κ1) is 22.7. The Balaban J connectivity index is 1.64. The van der Waals surface area contributed by atoms with E-state index in [2.05, 4.69) is 10.3 Å². The van der Waals surface area contributed by atoms with Crippen LogP contribution in [0.5, 0.6) is 0 Å². The Labute approximate surface area is 202 Å². The second-order valence-corrected chi connectivity index (χ2v) is 9.17. The number of aromatic nitrogens is 3. The fraction of sp³-hybridized carbons (Fsp3) is 0.259. The lowest BCUT2D eigenvalue weighted by atomic mass is 9.95. The van der Waals surface area contributed by atoms with Crippen LogP contribution in [0.3, 0.4) is 0 Å². The predicted molar refractivity (Wildman–Crippen MR) is 132 cm³/mol. The second kappa shape index (κ2) is 8.63. The van der Waals surface area contributed by atoms with E-state index in [4.69, 9.17) is 0 Å². The van der Waals surface area contributed by atoms with Crippen molar-refractivity contribution in [1.82, 2.24) is 14.9 Å². The molecular formula is C27H26N4O4. The van der Waals surface area contributed by atoms with Crippen molar-refractivity contribution in [3.8, 4) is 16.8 Å². The topological polar surface area (TPSA) is 111 Å². The molecule has 0 spiro atoms. The van der Waals surface area contributed by atoms with E-state index in [1.54, 1.807) is 48.1 Å². The molecule has 0 bridgehead atoms. The van der Waals surface area contributed by atoms with E-state index in [9.17, 15) is 19.9 Å². The summed E-state index contributed by atoms with van der Waals surface area (Å²) in [6.07, 6.45) is 6.76. The molecule has 178 valence electrons. The van der Waals surface area contributed by atoms with Gasteiger partial charge in [-0.25, -0.2) is 4.98 Å². The number of fused-ring (bicyclic) bond motifs is 1. The molecule has 8 heteroatoms.